The number of halogens is 4. The van der Waals surface area contributed by atoms with E-state index in [1.807, 2.05) is 6.07 Å². The molecule has 4 rings (SSSR count). The van der Waals surface area contributed by atoms with Crippen molar-refractivity contribution in [2.24, 2.45) is 0 Å². The Hall–Kier alpha value is -4.37. The number of aromatic nitrogens is 4. The van der Waals surface area contributed by atoms with Gasteiger partial charge in [-0.25, -0.2) is 18.2 Å². The summed E-state index contributed by atoms with van der Waals surface area (Å²) >= 11 is 6.13. The quantitative estimate of drug-likeness (QED) is 0.390. The molecule has 9 nitrogen and oxygen atoms in total. The summed E-state index contributed by atoms with van der Waals surface area (Å²) in [6.07, 6.45) is -0.0369. The number of nitrogen functional groups attached to an aromatic ring is 2. The summed E-state index contributed by atoms with van der Waals surface area (Å²) < 4.78 is 43.2. The standard InChI is InChI=1S/C21H14ClF3N8O/c22-13-1-2-14(25)16-17(13)30-15(33(20(16)34)11-6-9(23)5-10(24)7-11)3-4-29-19-12(8-26)18(27)31-21(28)32-19/h1-2,5-7H,3-4H2,(H5,27,28,29,31,32). The van der Waals surface area contributed by atoms with Crippen LogP contribution in [0.3, 0.4) is 0 Å². The van der Waals surface area contributed by atoms with Crippen molar-refractivity contribution in [2.45, 2.75) is 6.42 Å². The predicted octanol–water partition coefficient (Wildman–Crippen LogP) is 2.94. The number of benzene rings is 2. The van der Waals surface area contributed by atoms with Gasteiger partial charge < -0.3 is 16.8 Å². The zero-order valence-electron chi connectivity index (χ0n) is 17.1. The highest BCUT2D eigenvalue weighted by molar-refractivity contribution is 6.35. The average molecular weight is 487 g/mol. The minimum absolute atomic E-state index is 0.0102. The highest BCUT2D eigenvalue weighted by atomic mass is 35.5. The third kappa shape index (κ3) is 4.16. The molecule has 2 heterocycles. The minimum atomic E-state index is -0.941. The molecule has 2 aromatic heterocycles. The summed E-state index contributed by atoms with van der Waals surface area (Å²) in [6.45, 7) is 0.0211. The van der Waals surface area contributed by atoms with Gasteiger partial charge in [-0.1, -0.05) is 11.6 Å². The molecular formula is C21H14ClF3N8O. The topological polar surface area (TPSA) is 149 Å². The smallest absolute Gasteiger partial charge is 0.269 e. The fraction of sp³-hybridized carbons (Fsp3) is 0.0952. The molecule has 5 N–H and O–H groups in total. The number of nitrogens with zero attached hydrogens (tertiary/aromatic N) is 5. The molecule has 0 radical (unpaired) electrons. The molecule has 13 heteroatoms. The van der Waals surface area contributed by atoms with Crippen LogP contribution in [0, 0.1) is 28.8 Å². The number of hydrogen-bond acceptors (Lipinski definition) is 8. The molecule has 0 atom stereocenters. The Kier molecular flexibility index (Phi) is 5.95. The first kappa shape index (κ1) is 22.8. The van der Waals surface area contributed by atoms with Crippen molar-refractivity contribution >= 4 is 40.1 Å². The van der Waals surface area contributed by atoms with Crippen molar-refractivity contribution in [1.29, 1.82) is 5.26 Å². The second-order valence-corrected chi connectivity index (χ2v) is 7.44. The maximum atomic E-state index is 14.5. The van der Waals surface area contributed by atoms with Gasteiger partial charge in [0, 0.05) is 19.0 Å². The first-order chi connectivity index (χ1) is 16.2. The van der Waals surface area contributed by atoms with Crippen LogP contribution in [0.15, 0.2) is 35.1 Å². The van der Waals surface area contributed by atoms with E-state index in [9.17, 15) is 23.2 Å². The normalized spacial score (nSPS) is 10.9. The van der Waals surface area contributed by atoms with Crippen LogP contribution in [0.1, 0.15) is 11.4 Å². The second kappa shape index (κ2) is 8.87. The Balaban J connectivity index is 1.83. The number of anilines is 3. The molecule has 0 aliphatic carbocycles. The van der Waals surface area contributed by atoms with E-state index in [0.717, 1.165) is 22.8 Å². The van der Waals surface area contributed by atoms with Crippen LogP contribution in [-0.2, 0) is 6.42 Å². The lowest BCUT2D eigenvalue weighted by atomic mass is 10.2. The molecule has 0 aliphatic heterocycles. The molecule has 0 saturated heterocycles. The van der Waals surface area contributed by atoms with E-state index in [2.05, 4.69) is 20.3 Å². The number of nitrogens with one attached hydrogen (secondary N) is 1. The van der Waals surface area contributed by atoms with E-state index in [0.29, 0.717) is 6.07 Å². The molecule has 4 aromatic rings. The van der Waals surface area contributed by atoms with E-state index in [1.165, 1.54) is 6.07 Å². The van der Waals surface area contributed by atoms with Crippen LogP contribution in [0.25, 0.3) is 16.6 Å². The zero-order chi connectivity index (χ0) is 24.6. The van der Waals surface area contributed by atoms with Crippen molar-refractivity contribution in [3.63, 3.8) is 0 Å². The Labute approximate surface area is 194 Å². The second-order valence-electron chi connectivity index (χ2n) is 7.03. The van der Waals surface area contributed by atoms with Crippen LogP contribution < -0.4 is 22.3 Å². The van der Waals surface area contributed by atoms with Gasteiger partial charge in [0.25, 0.3) is 5.56 Å². The molecule has 0 unspecified atom stereocenters. The van der Waals surface area contributed by atoms with Crippen molar-refractivity contribution < 1.29 is 13.2 Å². The Morgan fingerprint density at radius 2 is 1.79 bits per heavy atom. The monoisotopic (exact) mass is 486 g/mol. The van der Waals surface area contributed by atoms with Gasteiger partial charge in [-0.2, -0.15) is 15.2 Å². The SMILES string of the molecule is N#Cc1c(N)nc(N)nc1NCCc1nc2c(Cl)ccc(F)c2c(=O)n1-c1cc(F)cc(F)c1. The molecule has 172 valence electrons. The lowest BCUT2D eigenvalue weighted by Gasteiger charge is -2.15. The first-order valence-electron chi connectivity index (χ1n) is 9.62. The average Bonchev–Trinajstić information content (AvgIpc) is 2.75. The highest BCUT2D eigenvalue weighted by Gasteiger charge is 2.19. The van der Waals surface area contributed by atoms with Crippen molar-refractivity contribution in [3.8, 4) is 11.8 Å². The van der Waals surface area contributed by atoms with Gasteiger partial charge >= 0.3 is 0 Å². The fourth-order valence-corrected chi connectivity index (χ4v) is 3.59. The van der Waals surface area contributed by atoms with Gasteiger partial charge in [-0.15, -0.1) is 0 Å². The summed E-state index contributed by atoms with van der Waals surface area (Å²) in [5.41, 5.74) is 10.0. The van der Waals surface area contributed by atoms with E-state index >= 15 is 0 Å². The number of nitriles is 1. The molecule has 34 heavy (non-hydrogen) atoms. The van der Waals surface area contributed by atoms with E-state index in [-0.39, 0.29) is 58.2 Å². The Bertz CT molecular complexity index is 1530. The summed E-state index contributed by atoms with van der Waals surface area (Å²) in [5.74, 6) is -3.02. The van der Waals surface area contributed by atoms with Crippen LogP contribution in [0.4, 0.5) is 30.8 Å². The number of nitrogens with two attached hydrogens (primary N) is 2. The van der Waals surface area contributed by atoms with E-state index in [4.69, 9.17) is 23.1 Å². The van der Waals surface area contributed by atoms with Crippen molar-refractivity contribution in [3.05, 3.63) is 74.5 Å². The number of fused-ring (bicyclic) bond motifs is 1. The third-order valence-electron chi connectivity index (χ3n) is 4.81. The van der Waals surface area contributed by atoms with Crippen LogP contribution in [0.2, 0.25) is 5.02 Å². The maximum Gasteiger partial charge on any atom is 0.269 e. The fourth-order valence-electron chi connectivity index (χ4n) is 3.39. The van der Waals surface area contributed by atoms with Gasteiger partial charge in [0.05, 0.1) is 16.2 Å². The maximum absolute atomic E-state index is 14.5. The largest absolute Gasteiger partial charge is 0.382 e. The van der Waals surface area contributed by atoms with Crippen LogP contribution >= 0.6 is 11.6 Å². The molecule has 0 bridgehead atoms. The Morgan fingerprint density at radius 3 is 2.47 bits per heavy atom. The summed E-state index contributed by atoms with van der Waals surface area (Å²) in [6, 6.07) is 6.56. The van der Waals surface area contributed by atoms with Crippen molar-refractivity contribution in [2.75, 3.05) is 23.3 Å². The molecule has 0 aliphatic rings. The van der Waals surface area contributed by atoms with E-state index in [1.54, 1.807) is 0 Å². The van der Waals surface area contributed by atoms with E-state index < -0.39 is 28.4 Å². The lowest BCUT2D eigenvalue weighted by molar-refractivity contribution is 0.580. The minimum Gasteiger partial charge on any atom is -0.382 e. The lowest BCUT2D eigenvalue weighted by Crippen LogP contribution is -2.26. The third-order valence-corrected chi connectivity index (χ3v) is 5.11. The van der Waals surface area contributed by atoms with Gasteiger partial charge in [0.15, 0.2) is 5.82 Å². The van der Waals surface area contributed by atoms with Crippen LogP contribution in [-0.4, -0.2) is 26.1 Å². The van der Waals surface area contributed by atoms with Gasteiger partial charge in [-0.05, 0) is 24.3 Å². The molecule has 2 aromatic carbocycles. The predicted molar refractivity (Wildman–Crippen MR) is 120 cm³/mol. The molecular weight excluding hydrogens is 473 g/mol. The van der Waals surface area contributed by atoms with Crippen LogP contribution in [0.5, 0.6) is 0 Å². The van der Waals surface area contributed by atoms with Gasteiger partial charge in [-0.3, -0.25) is 9.36 Å². The number of rotatable bonds is 5. The molecule has 0 amide bonds. The molecule has 0 fully saturated rings. The highest BCUT2D eigenvalue weighted by Crippen LogP contribution is 2.24. The number of hydrogen-bond donors (Lipinski definition) is 3. The zero-order valence-corrected chi connectivity index (χ0v) is 17.9. The van der Waals surface area contributed by atoms with Gasteiger partial charge in [0.2, 0.25) is 5.95 Å². The molecule has 0 saturated carbocycles. The Morgan fingerprint density at radius 1 is 1.09 bits per heavy atom. The first-order valence-corrected chi connectivity index (χ1v) is 10.0. The van der Waals surface area contributed by atoms with Gasteiger partial charge in [0.1, 0.15) is 46.1 Å². The van der Waals surface area contributed by atoms with Crippen molar-refractivity contribution in [1.82, 2.24) is 19.5 Å². The summed E-state index contributed by atoms with van der Waals surface area (Å²) in [4.78, 5) is 25.2. The summed E-state index contributed by atoms with van der Waals surface area (Å²) in [7, 11) is 0. The molecule has 0 spiro atoms. The summed E-state index contributed by atoms with van der Waals surface area (Å²) in [5, 5.41) is 11.7.